The Morgan fingerprint density at radius 3 is 2.16 bits per heavy atom. The fraction of sp³-hybridized carbons (Fsp3) is 0.500. The third kappa shape index (κ3) is 6.70. The molecule has 0 aliphatic carbocycles. The smallest absolute Gasteiger partial charge is 0.420 e. The van der Waals surface area contributed by atoms with Crippen LogP contribution in [0.3, 0.4) is 0 Å². The fourth-order valence-corrected chi connectivity index (χ4v) is 4.38. The minimum Gasteiger partial charge on any atom is -0.458 e. The van der Waals surface area contributed by atoms with Gasteiger partial charge in [-0.25, -0.2) is 24.1 Å². The number of benzene rings is 1. The van der Waals surface area contributed by atoms with Gasteiger partial charge in [-0.1, -0.05) is 48.4 Å². The summed E-state index contributed by atoms with van der Waals surface area (Å²) in [5, 5.41) is 2.28. The van der Waals surface area contributed by atoms with Crippen molar-refractivity contribution in [3.8, 4) is 11.4 Å². The topological polar surface area (TPSA) is 95.8 Å². The molecule has 0 spiro atoms. The predicted octanol–water partition coefficient (Wildman–Crippen LogP) is 6.34. The zero-order valence-corrected chi connectivity index (χ0v) is 23.5. The lowest BCUT2D eigenvalue weighted by Gasteiger charge is -2.31. The van der Waals surface area contributed by atoms with Crippen molar-refractivity contribution >= 4 is 34.7 Å². The second-order valence-electron chi connectivity index (χ2n) is 11.3. The quantitative estimate of drug-likeness (QED) is 0.272. The zero-order valence-electron chi connectivity index (χ0n) is 22.8. The summed E-state index contributed by atoms with van der Waals surface area (Å²) in [7, 11) is 0. The lowest BCUT2D eigenvalue weighted by Crippen LogP contribution is -2.38. The van der Waals surface area contributed by atoms with Crippen molar-refractivity contribution in [1.29, 1.82) is 0 Å². The maximum Gasteiger partial charge on any atom is 0.420 e. The van der Waals surface area contributed by atoms with Crippen LogP contribution >= 0.6 is 11.6 Å². The van der Waals surface area contributed by atoms with Crippen LogP contribution < -0.4 is 0 Å². The number of halogens is 1. The molecule has 3 heterocycles. The lowest BCUT2D eigenvalue weighted by atomic mass is 10.1. The molecule has 0 N–H and O–H groups in total. The highest BCUT2D eigenvalue weighted by Gasteiger charge is 2.37. The summed E-state index contributed by atoms with van der Waals surface area (Å²) < 4.78 is 12.7. The van der Waals surface area contributed by atoms with E-state index in [1.54, 1.807) is 52.7 Å². The molecule has 1 atom stereocenters. The molecule has 1 saturated heterocycles. The van der Waals surface area contributed by atoms with Crippen LogP contribution in [0, 0.1) is 0 Å². The summed E-state index contributed by atoms with van der Waals surface area (Å²) in [5.41, 5.74) is -0.442. The molecule has 1 fully saturated rings. The van der Waals surface area contributed by atoms with Crippen LogP contribution in [0.1, 0.15) is 72.6 Å². The first kappa shape index (κ1) is 28.0. The van der Waals surface area contributed by atoms with Gasteiger partial charge in [0.15, 0.2) is 11.5 Å². The van der Waals surface area contributed by atoms with E-state index >= 15 is 0 Å². The number of esters is 1. The van der Waals surface area contributed by atoms with E-state index in [-0.39, 0.29) is 16.5 Å². The first-order valence-corrected chi connectivity index (χ1v) is 13.2. The standard InChI is InChI=1S/C28H35ClN4O5/c1-27(2,3)36-25(34)21(38-32-15-11-8-12-16-32)20-17-19-22(29)30-23(18-13-9-7-10-14-18)31-24(19)33(20)26(35)37-28(4,5)6/h7,9-10,13-14,17,21H,8,11-12,15-16H2,1-6H3. The molecule has 2 aromatic heterocycles. The summed E-state index contributed by atoms with van der Waals surface area (Å²) in [6, 6.07) is 10.9. The van der Waals surface area contributed by atoms with Crippen LogP contribution in [-0.4, -0.2) is 56.0 Å². The highest BCUT2D eigenvalue weighted by Crippen LogP contribution is 2.34. The van der Waals surface area contributed by atoms with Gasteiger partial charge in [0, 0.05) is 18.7 Å². The van der Waals surface area contributed by atoms with Crippen molar-refractivity contribution in [1.82, 2.24) is 19.6 Å². The van der Waals surface area contributed by atoms with Crippen LogP contribution in [0.2, 0.25) is 5.15 Å². The number of piperidine rings is 1. The van der Waals surface area contributed by atoms with Gasteiger partial charge in [-0.15, -0.1) is 0 Å². The number of hydroxylamine groups is 2. The third-order valence-electron chi connectivity index (χ3n) is 5.71. The number of hydrogen-bond acceptors (Lipinski definition) is 8. The van der Waals surface area contributed by atoms with E-state index in [4.69, 9.17) is 25.9 Å². The molecule has 0 saturated carbocycles. The number of hydrogen-bond donors (Lipinski definition) is 0. The van der Waals surface area contributed by atoms with Crippen LogP contribution in [0.5, 0.6) is 0 Å². The first-order chi connectivity index (χ1) is 17.8. The van der Waals surface area contributed by atoms with Crippen molar-refractivity contribution in [3.05, 3.63) is 47.2 Å². The van der Waals surface area contributed by atoms with Crippen molar-refractivity contribution < 1.29 is 23.9 Å². The highest BCUT2D eigenvalue weighted by molar-refractivity contribution is 6.34. The Balaban J connectivity index is 1.91. The summed E-state index contributed by atoms with van der Waals surface area (Å²) in [4.78, 5) is 42.5. The van der Waals surface area contributed by atoms with E-state index in [0.717, 1.165) is 24.8 Å². The van der Waals surface area contributed by atoms with Gasteiger partial charge in [-0.05, 0) is 60.5 Å². The van der Waals surface area contributed by atoms with Gasteiger partial charge < -0.3 is 9.47 Å². The molecule has 204 valence electrons. The monoisotopic (exact) mass is 542 g/mol. The molecule has 0 bridgehead atoms. The summed E-state index contributed by atoms with van der Waals surface area (Å²) >= 11 is 6.63. The molecule has 10 heteroatoms. The molecule has 9 nitrogen and oxygen atoms in total. The van der Waals surface area contributed by atoms with Crippen molar-refractivity contribution in [2.75, 3.05) is 13.1 Å². The number of fused-ring (bicyclic) bond motifs is 1. The minimum absolute atomic E-state index is 0.137. The molecule has 1 aliphatic heterocycles. The molecular formula is C28H35ClN4O5. The van der Waals surface area contributed by atoms with Gasteiger partial charge in [0.2, 0.25) is 6.10 Å². The lowest BCUT2D eigenvalue weighted by molar-refractivity contribution is -0.227. The highest BCUT2D eigenvalue weighted by atomic mass is 35.5. The summed E-state index contributed by atoms with van der Waals surface area (Å²) in [6.07, 6.45) is 0.988. The second-order valence-corrected chi connectivity index (χ2v) is 11.7. The second kappa shape index (κ2) is 11.0. The molecule has 1 unspecified atom stereocenters. The SMILES string of the molecule is CC(C)(C)OC(=O)C(ON1CCCCC1)c1cc2c(Cl)nc(-c3ccccc3)nc2n1C(=O)OC(C)(C)C. The molecule has 3 aromatic rings. The van der Waals surface area contributed by atoms with Crippen molar-refractivity contribution in [2.45, 2.75) is 78.1 Å². The number of carbonyl (C=O) groups is 2. The Bertz CT molecular complexity index is 1300. The largest absolute Gasteiger partial charge is 0.458 e. The van der Waals surface area contributed by atoms with E-state index in [2.05, 4.69) is 9.97 Å². The molecule has 0 amide bonds. The minimum atomic E-state index is -1.26. The van der Waals surface area contributed by atoms with Gasteiger partial charge in [-0.2, -0.15) is 5.06 Å². The van der Waals surface area contributed by atoms with Crippen LogP contribution in [0.25, 0.3) is 22.4 Å². The number of aromatic nitrogens is 3. The fourth-order valence-electron chi connectivity index (χ4n) is 4.16. The van der Waals surface area contributed by atoms with Gasteiger partial charge >= 0.3 is 12.1 Å². The average molecular weight is 543 g/mol. The Labute approximate surface area is 228 Å². The Kier molecular flexibility index (Phi) is 8.11. The van der Waals surface area contributed by atoms with E-state index < -0.39 is 29.4 Å². The van der Waals surface area contributed by atoms with Gasteiger partial charge in [0.1, 0.15) is 16.4 Å². The van der Waals surface area contributed by atoms with Gasteiger partial charge in [0.25, 0.3) is 0 Å². The molecular weight excluding hydrogens is 508 g/mol. The maximum absolute atomic E-state index is 13.6. The molecule has 38 heavy (non-hydrogen) atoms. The average Bonchev–Trinajstić information content (AvgIpc) is 3.21. The number of nitrogens with zero attached hydrogens (tertiary/aromatic N) is 4. The van der Waals surface area contributed by atoms with E-state index in [9.17, 15) is 9.59 Å². The number of ether oxygens (including phenoxy) is 2. The Hall–Kier alpha value is -3.01. The van der Waals surface area contributed by atoms with E-state index in [0.29, 0.717) is 24.3 Å². The van der Waals surface area contributed by atoms with Crippen LogP contribution in [0.15, 0.2) is 36.4 Å². The van der Waals surface area contributed by atoms with Gasteiger partial charge in [-0.3, -0.25) is 4.84 Å². The van der Waals surface area contributed by atoms with Crippen LogP contribution in [-0.2, 0) is 19.1 Å². The number of carbonyl (C=O) groups excluding carboxylic acids is 2. The Morgan fingerprint density at radius 2 is 1.55 bits per heavy atom. The van der Waals surface area contributed by atoms with E-state index in [1.807, 2.05) is 30.3 Å². The maximum atomic E-state index is 13.6. The normalized spacial score (nSPS) is 15.9. The van der Waals surface area contributed by atoms with Gasteiger partial charge in [0.05, 0.1) is 11.1 Å². The third-order valence-corrected chi connectivity index (χ3v) is 6.00. The zero-order chi connectivity index (χ0) is 27.7. The van der Waals surface area contributed by atoms with Crippen molar-refractivity contribution in [2.24, 2.45) is 0 Å². The first-order valence-electron chi connectivity index (χ1n) is 12.8. The molecule has 1 aliphatic rings. The van der Waals surface area contributed by atoms with Crippen LogP contribution in [0.4, 0.5) is 4.79 Å². The summed E-state index contributed by atoms with van der Waals surface area (Å²) in [5.74, 6) is -0.300. The molecule has 0 radical (unpaired) electrons. The predicted molar refractivity (Wildman–Crippen MR) is 145 cm³/mol. The molecule has 4 rings (SSSR count). The van der Waals surface area contributed by atoms with Crippen molar-refractivity contribution in [3.63, 3.8) is 0 Å². The summed E-state index contributed by atoms with van der Waals surface area (Å²) in [6.45, 7) is 12.0. The number of rotatable bonds is 5. The molecule has 1 aromatic carbocycles. The van der Waals surface area contributed by atoms with E-state index in [1.165, 1.54) is 4.57 Å². The Morgan fingerprint density at radius 1 is 0.921 bits per heavy atom.